The first kappa shape index (κ1) is 57.2. The van der Waals surface area contributed by atoms with E-state index in [1.807, 2.05) is 20.8 Å². The number of carbonyl (C=O) groups excluding carboxylic acids is 8. The fourth-order valence-electron chi connectivity index (χ4n) is 6.77. The molecule has 1 aromatic heterocycles. The molecule has 2 fully saturated rings. The SMILES string of the molecule is CC(=O)O.CCOC(=O)C(OC(=O)[C@@H]1CCCN1C(=O)OC(C)(C)C)C(=O)c1ccc(C(C)=O)cc1.CCOC(=O)c1ccc(-c2nc([C@@H]3CCCN3C(=O)OC(C)(C)C)[nH]c2C(C)=O)cc1.N. The summed E-state index contributed by atoms with van der Waals surface area (Å²) in [5.41, 5.74) is 1.12. The van der Waals surface area contributed by atoms with Gasteiger partial charge in [-0.25, -0.2) is 29.0 Å². The minimum Gasteiger partial charge on any atom is -0.481 e. The zero-order valence-corrected chi connectivity index (χ0v) is 40.7. The van der Waals surface area contributed by atoms with E-state index in [9.17, 15) is 38.4 Å². The average molecular weight is 952 g/mol. The highest BCUT2D eigenvalue weighted by Gasteiger charge is 2.42. The summed E-state index contributed by atoms with van der Waals surface area (Å²) in [5, 5.41) is 7.42. The number of aliphatic carboxylic acids is 1. The number of benzene rings is 2. The van der Waals surface area contributed by atoms with E-state index in [-0.39, 0.29) is 35.9 Å². The van der Waals surface area contributed by atoms with Crippen molar-refractivity contribution in [3.63, 3.8) is 0 Å². The number of imidazole rings is 1. The number of carboxylic acids is 1. The molecule has 68 heavy (non-hydrogen) atoms. The molecule has 5 rings (SSSR count). The summed E-state index contributed by atoms with van der Waals surface area (Å²) >= 11 is 0. The lowest BCUT2D eigenvalue weighted by atomic mass is 10.0. The molecule has 2 saturated heterocycles. The number of H-pyrrole nitrogens is 1. The molecular weight excluding hydrogens is 887 g/mol. The normalized spacial score (nSPS) is 15.7. The summed E-state index contributed by atoms with van der Waals surface area (Å²) < 4.78 is 26.1. The van der Waals surface area contributed by atoms with Crippen molar-refractivity contribution in [2.75, 3.05) is 26.3 Å². The average Bonchev–Trinajstić information content (AvgIpc) is 4.02. The number of carboxylic acid groups (broad SMARTS) is 1. The molecule has 0 spiro atoms. The third-order valence-electron chi connectivity index (χ3n) is 9.64. The monoisotopic (exact) mass is 951 g/mol. The second-order valence-corrected chi connectivity index (χ2v) is 17.4. The van der Waals surface area contributed by atoms with Crippen molar-refractivity contribution in [1.82, 2.24) is 25.9 Å². The maximum atomic E-state index is 12.9. The Balaban J connectivity index is 0.000000427. The number of nitrogens with one attached hydrogen (secondary N) is 1. The quantitative estimate of drug-likeness (QED) is 0.0677. The lowest BCUT2D eigenvalue weighted by Crippen LogP contribution is -2.46. The van der Waals surface area contributed by atoms with Crippen molar-refractivity contribution >= 4 is 53.4 Å². The summed E-state index contributed by atoms with van der Waals surface area (Å²) in [5.74, 6) is -3.71. The van der Waals surface area contributed by atoms with E-state index < -0.39 is 65.2 Å². The molecule has 0 bridgehead atoms. The van der Waals surface area contributed by atoms with Gasteiger partial charge in [-0.3, -0.25) is 29.0 Å². The maximum absolute atomic E-state index is 12.9. The predicted molar refractivity (Wildman–Crippen MR) is 246 cm³/mol. The standard InChI is InChI=1S/C23H29N3O5.C23H29NO8.C2H4O2.H3N/c1-6-30-21(28)16-11-9-15(10-12-16)19-18(14(2)27)24-20(25-19)17-8-7-13-26(17)22(29)31-23(3,4)5;1-6-30-21(28)19(18(26)16-11-9-15(10-12-16)14(2)25)31-20(27)17-8-7-13-24(17)22(29)32-23(3,4)5;1-2(3)4;/h9-12,17H,6-8,13H2,1-5H3,(H,24,25);9-12,17,19H,6-8,13H2,1-5H3;1H3,(H,3,4);1H3/t17-;17-,19?;;/m00../s1. The molecular formula is C48H65N5O15. The molecule has 0 saturated carbocycles. The molecule has 0 radical (unpaired) electrons. The van der Waals surface area contributed by atoms with Gasteiger partial charge in [0.2, 0.25) is 5.78 Å². The number of rotatable bonds is 12. The predicted octanol–water partition coefficient (Wildman–Crippen LogP) is 7.73. The van der Waals surface area contributed by atoms with Crippen LogP contribution in [-0.4, -0.2) is 128 Å². The van der Waals surface area contributed by atoms with Crippen molar-refractivity contribution in [3.8, 4) is 11.3 Å². The van der Waals surface area contributed by atoms with Crippen molar-refractivity contribution in [2.24, 2.45) is 0 Å². The molecule has 2 aromatic carbocycles. The second kappa shape index (κ2) is 25.3. The van der Waals surface area contributed by atoms with Gasteiger partial charge in [0, 0.05) is 43.6 Å². The van der Waals surface area contributed by atoms with Gasteiger partial charge >= 0.3 is 30.1 Å². The first-order valence-corrected chi connectivity index (χ1v) is 21.9. The summed E-state index contributed by atoms with van der Waals surface area (Å²) in [6, 6.07) is 11.1. The molecule has 2 amide bonds. The number of aromatic nitrogens is 2. The fourth-order valence-corrected chi connectivity index (χ4v) is 6.77. The Kier molecular flexibility index (Phi) is 21.2. The van der Waals surface area contributed by atoms with Crippen molar-refractivity contribution < 1.29 is 71.9 Å². The van der Waals surface area contributed by atoms with Crippen LogP contribution in [0.3, 0.4) is 0 Å². The number of aromatic amines is 1. The molecule has 3 heterocycles. The first-order valence-electron chi connectivity index (χ1n) is 21.9. The van der Waals surface area contributed by atoms with Crippen molar-refractivity contribution in [1.29, 1.82) is 0 Å². The van der Waals surface area contributed by atoms with Crippen molar-refractivity contribution in [2.45, 2.75) is 131 Å². The number of hydrogen-bond acceptors (Lipinski definition) is 16. The summed E-state index contributed by atoms with van der Waals surface area (Å²) in [4.78, 5) is 119. The molecule has 3 atom stereocenters. The number of Topliss-reactive ketones (excluding diaryl/α,β-unsaturated/α-hetero) is 3. The second-order valence-electron chi connectivity index (χ2n) is 17.4. The summed E-state index contributed by atoms with van der Waals surface area (Å²) in [6.45, 7) is 19.0. The summed E-state index contributed by atoms with van der Waals surface area (Å²) in [7, 11) is 0. The Labute approximate surface area is 395 Å². The highest BCUT2D eigenvalue weighted by molar-refractivity contribution is 6.12. The zero-order valence-electron chi connectivity index (χ0n) is 40.7. The van der Waals surface area contributed by atoms with E-state index in [1.54, 1.807) is 63.8 Å². The highest BCUT2D eigenvalue weighted by Crippen LogP contribution is 2.34. The van der Waals surface area contributed by atoms with E-state index >= 15 is 0 Å². The lowest BCUT2D eigenvalue weighted by molar-refractivity contribution is -0.166. The van der Waals surface area contributed by atoms with E-state index in [2.05, 4.69) is 9.97 Å². The third kappa shape index (κ3) is 16.7. The number of ketones is 3. The van der Waals surface area contributed by atoms with Crippen LogP contribution in [-0.2, 0) is 38.1 Å². The fraction of sp³-hybridized carbons (Fsp3) is 0.500. The van der Waals surface area contributed by atoms with Gasteiger partial charge in [-0.15, -0.1) is 0 Å². The molecule has 3 aromatic rings. The molecule has 20 heteroatoms. The van der Waals surface area contributed by atoms with Crippen LogP contribution in [0.15, 0.2) is 48.5 Å². The van der Waals surface area contributed by atoms with Gasteiger partial charge in [0.15, 0.2) is 11.6 Å². The Morgan fingerprint density at radius 2 is 1.19 bits per heavy atom. The van der Waals surface area contributed by atoms with Gasteiger partial charge in [0.05, 0.1) is 30.5 Å². The van der Waals surface area contributed by atoms with Crippen LogP contribution >= 0.6 is 0 Å². The molecule has 1 unspecified atom stereocenters. The third-order valence-corrected chi connectivity index (χ3v) is 9.64. The number of ether oxygens (including phenoxy) is 5. The van der Waals surface area contributed by atoms with E-state index in [4.69, 9.17) is 33.6 Å². The van der Waals surface area contributed by atoms with Crippen molar-refractivity contribution in [3.05, 3.63) is 76.7 Å². The van der Waals surface area contributed by atoms with Gasteiger partial charge in [-0.2, -0.15) is 0 Å². The number of hydrogen-bond donors (Lipinski definition) is 3. The Bertz CT molecular complexity index is 2270. The largest absolute Gasteiger partial charge is 0.481 e. The number of esters is 3. The number of amides is 2. The van der Waals surface area contributed by atoms with E-state index in [0.717, 1.165) is 19.8 Å². The molecule has 0 aliphatic carbocycles. The molecule has 2 aliphatic heterocycles. The topological polar surface area (TPSA) is 290 Å². The smallest absolute Gasteiger partial charge is 0.411 e. The van der Waals surface area contributed by atoms with Gasteiger partial charge < -0.3 is 39.9 Å². The maximum Gasteiger partial charge on any atom is 0.411 e. The van der Waals surface area contributed by atoms with Crippen LogP contribution in [0.5, 0.6) is 0 Å². The van der Waals surface area contributed by atoms with Crippen LogP contribution in [0.2, 0.25) is 0 Å². The Hall–Kier alpha value is -6.96. The Morgan fingerprint density at radius 3 is 1.69 bits per heavy atom. The summed E-state index contributed by atoms with van der Waals surface area (Å²) in [6.07, 6.45) is -0.480. The zero-order chi connectivity index (χ0) is 50.4. The van der Waals surface area contributed by atoms with Gasteiger partial charge in [-0.05, 0) is 100 Å². The van der Waals surface area contributed by atoms with Crippen LogP contribution in [0.4, 0.5) is 9.59 Å². The van der Waals surface area contributed by atoms with Gasteiger partial charge in [-0.1, -0.05) is 36.4 Å². The minimum atomic E-state index is -1.83. The van der Waals surface area contributed by atoms with Gasteiger partial charge in [0.1, 0.15) is 28.8 Å². The van der Waals surface area contributed by atoms with Gasteiger partial charge in [0.25, 0.3) is 12.1 Å². The number of nitrogens with zero attached hydrogens (tertiary/aromatic N) is 3. The molecule has 5 N–H and O–H groups in total. The molecule has 2 aliphatic rings. The highest BCUT2D eigenvalue weighted by atomic mass is 16.6. The van der Waals surface area contributed by atoms with E-state index in [0.29, 0.717) is 66.4 Å². The van der Waals surface area contributed by atoms with Crippen LogP contribution < -0.4 is 6.15 Å². The minimum absolute atomic E-state index is 0. The van der Waals surface area contributed by atoms with E-state index in [1.165, 1.54) is 43.0 Å². The molecule has 372 valence electrons. The lowest BCUT2D eigenvalue weighted by Gasteiger charge is -2.28. The van der Waals surface area contributed by atoms with Crippen LogP contribution in [0, 0.1) is 0 Å². The number of carbonyl (C=O) groups is 9. The molecule has 20 nitrogen and oxygen atoms in total. The van der Waals surface area contributed by atoms with Crippen LogP contribution in [0.25, 0.3) is 11.3 Å². The number of likely N-dealkylation sites (tertiary alicyclic amines) is 2. The van der Waals surface area contributed by atoms with Crippen LogP contribution in [0.1, 0.15) is 155 Å². The Morgan fingerprint density at radius 1 is 0.706 bits per heavy atom. The first-order chi connectivity index (χ1) is 31.3.